The van der Waals surface area contributed by atoms with Crippen LogP contribution in [0.5, 0.6) is 5.75 Å². The predicted octanol–water partition coefficient (Wildman–Crippen LogP) is 3.67. The summed E-state index contributed by atoms with van der Waals surface area (Å²) in [6.07, 6.45) is -3.45. The molecule has 1 aromatic heterocycles. The van der Waals surface area contributed by atoms with E-state index >= 15 is 0 Å². The van der Waals surface area contributed by atoms with Crippen LogP contribution in [0, 0.1) is 0 Å². The quantitative estimate of drug-likeness (QED) is 0.773. The molecule has 0 amide bonds. The molecule has 2 aromatic rings. The zero-order valence-corrected chi connectivity index (χ0v) is 15.8. The van der Waals surface area contributed by atoms with Gasteiger partial charge in [0.05, 0.1) is 4.90 Å². The summed E-state index contributed by atoms with van der Waals surface area (Å²) in [5.41, 5.74) is 0.706. The molecular weight excluding hydrogens is 403 g/mol. The van der Waals surface area contributed by atoms with Gasteiger partial charge in [0.15, 0.2) is 0 Å². The molecule has 10 heteroatoms. The number of ether oxygens (including phenoxy) is 2. The summed E-state index contributed by atoms with van der Waals surface area (Å²) in [5, 5.41) is 3.95. The monoisotopic (exact) mass is 421 g/mol. The molecule has 0 saturated carbocycles. The lowest BCUT2D eigenvalue weighted by molar-refractivity contribution is -0.274. The molecule has 0 unspecified atom stereocenters. The highest BCUT2D eigenvalue weighted by Crippen LogP contribution is 2.36. The first-order valence-corrected chi connectivity index (χ1v) is 10.6. The highest BCUT2D eigenvalue weighted by molar-refractivity contribution is 7.89. The molecule has 1 fully saturated rings. The Balaban J connectivity index is 1.73. The van der Waals surface area contributed by atoms with Crippen LogP contribution < -0.4 is 9.46 Å². The maximum atomic E-state index is 12.6. The van der Waals surface area contributed by atoms with Gasteiger partial charge in [0.2, 0.25) is 10.0 Å². The van der Waals surface area contributed by atoms with Crippen molar-refractivity contribution in [1.29, 1.82) is 0 Å². The second-order valence-electron chi connectivity index (χ2n) is 6.25. The maximum Gasteiger partial charge on any atom is 0.573 e. The molecule has 27 heavy (non-hydrogen) atoms. The minimum absolute atomic E-state index is 0.121. The van der Waals surface area contributed by atoms with E-state index < -0.39 is 22.1 Å². The minimum atomic E-state index is -4.82. The minimum Gasteiger partial charge on any atom is -0.406 e. The summed E-state index contributed by atoms with van der Waals surface area (Å²) in [6.45, 7) is 1.28. The Kier molecular flexibility index (Phi) is 5.80. The first kappa shape index (κ1) is 20.1. The van der Waals surface area contributed by atoms with Crippen molar-refractivity contribution < 1.29 is 31.1 Å². The summed E-state index contributed by atoms with van der Waals surface area (Å²) >= 11 is 1.54. The smallest absolute Gasteiger partial charge is 0.406 e. The number of thiophene rings is 1. The van der Waals surface area contributed by atoms with Gasteiger partial charge in [0, 0.05) is 25.2 Å². The molecule has 148 valence electrons. The Labute approximate surface area is 159 Å². The first-order valence-electron chi connectivity index (χ1n) is 8.16. The Hall–Kier alpha value is -1.62. The van der Waals surface area contributed by atoms with E-state index in [1.807, 2.05) is 16.8 Å². The third kappa shape index (κ3) is 5.01. The number of hydrogen-bond donors (Lipinski definition) is 1. The van der Waals surface area contributed by atoms with Crippen molar-refractivity contribution in [1.82, 2.24) is 4.72 Å². The van der Waals surface area contributed by atoms with Crippen LogP contribution in [0.25, 0.3) is 0 Å². The van der Waals surface area contributed by atoms with Crippen molar-refractivity contribution in [3.63, 3.8) is 0 Å². The van der Waals surface area contributed by atoms with Gasteiger partial charge < -0.3 is 9.47 Å². The van der Waals surface area contributed by atoms with Crippen LogP contribution in [0.15, 0.2) is 46.0 Å². The lowest BCUT2D eigenvalue weighted by Gasteiger charge is -2.37. The van der Waals surface area contributed by atoms with E-state index in [-0.39, 0.29) is 16.9 Å². The van der Waals surface area contributed by atoms with Crippen molar-refractivity contribution in [2.24, 2.45) is 0 Å². The van der Waals surface area contributed by atoms with E-state index in [1.54, 1.807) is 11.3 Å². The van der Waals surface area contributed by atoms with Gasteiger partial charge in [-0.2, -0.15) is 11.3 Å². The summed E-state index contributed by atoms with van der Waals surface area (Å²) in [5.74, 6) is -0.472. The van der Waals surface area contributed by atoms with Crippen LogP contribution in [-0.4, -0.2) is 34.5 Å². The average Bonchev–Trinajstić information content (AvgIpc) is 3.15. The van der Waals surface area contributed by atoms with Gasteiger partial charge in [-0.25, -0.2) is 13.1 Å². The van der Waals surface area contributed by atoms with E-state index in [4.69, 9.17) is 4.74 Å². The summed E-state index contributed by atoms with van der Waals surface area (Å²) < 4.78 is 73.6. The van der Waals surface area contributed by atoms with E-state index in [1.165, 1.54) is 0 Å². The third-order valence-corrected chi connectivity index (χ3v) is 6.65. The van der Waals surface area contributed by atoms with E-state index in [0.717, 1.165) is 29.8 Å². The molecule has 1 aliphatic rings. The second kappa shape index (κ2) is 7.78. The van der Waals surface area contributed by atoms with Crippen molar-refractivity contribution >= 4 is 21.4 Å². The van der Waals surface area contributed by atoms with Crippen LogP contribution in [0.2, 0.25) is 0 Å². The zero-order valence-electron chi connectivity index (χ0n) is 14.2. The first-order chi connectivity index (χ1) is 12.7. The molecule has 1 saturated heterocycles. The standard InChI is InChI=1S/C17H18F3NO4S2/c18-17(19,20)25-14-1-3-15(4-2-14)27(22,23)21-12-16(6-8-24-9-7-16)13-5-10-26-11-13/h1-5,10-11,21H,6-9,12H2. The molecule has 5 nitrogen and oxygen atoms in total. The van der Waals surface area contributed by atoms with Gasteiger partial charge in [0.25, 0.3) is 0 Å². The van der Waals surface area contributed by atoms with E-state index in [0.29, 0.717) is 26.1 Å². The van der Waals surface area contributed by atoms with Crippen molar-refractivity contribution in [2.45, 2.75) is 29.5 Å². The molecule has 0 atom stereocenters. The van der Waals surface area contributed by atoms with Crippen LogP contribution in [-0.2, 0) is 20.2 Å². The molecule has 2 heterocycles. The average molecular weight is 421 g/mol. The number of benzene rings is 1. The van der Waals surface area contributed by atoms with Crippen LogP contribution in [0.3, 0.4) is 0 Å². The summed E-state index contributed by atoms with van der Waals surface area (Å²) in [7, 11) is -3.87. The molecule has 1 aliphatic heterocycles. The Bertz CT molecular complexity index is 843. The van der Waals surface area contributed by atoms with Gasteiger partial charge in [-0.1, -0.05) is 0 Å². The molecule has 0 radical (unpaired) electrons. The number of rotatable bonds is 6. The fourth-order valence-corrected chi connectivity index (χ4v) is 4.94. The van der Waals surface area contributed by atoms with Crippen LogP contribution >= 0.6 is 11.3 Å². The van der Waals surface area contributed by atoms with Crippen LogP contribution in [0.1, 0.15) is 18.4 Å². The zero-order chi connectivity index (χ0) is 19.5. The molecular formula is C17H18F3NO4S2. The lowest BCUT2D eigenvalue weighted by atomic mass is 9.75. The number of nitrogens with one attached hydrogen (secondary N) is 1. The van der Waals surface area contributed by atoms with Crippen molar-refractivity contribution in [3.8, 4) is 5.75 Å². The fourth-order valence-electron chi connectivity index (χ4n) is 3.03. The number of halogens is 3. The van der Waals surface area contributed by atoms with Crippen LogP contribution in [0.4, 0.5) is 13.2 Å². The third-order valence-electron chi connectivity index (χ3n) is 4.55. The highest BCUT2D eigenvalue weighted by Gasteiger charge is 2.36. The van der Waals surface area contributed by atoms with E-state index in [2.05, 4.69) is 9.46 Å². The Morgan fingerprint density at radius 2 is 1.81 bits per heavy atom. The topological polar surface area (TPSA) is 64.6 Å². The van der Waals surface area contributed by atoms with Gasteiger partial charge in [-0.3, -0.25) is 0 Å². The van der Waals surface area contributed by atoms with Gasteiger partial charge in [-0.05, 0) is 59.5 Å². The Morgan fingerprint density at radius 3 is 2.37 bits per heavy atom. The van der Waals surface area contributed by atoms with Crippen molar-refractivity contribution in [2.75, 3.05) is 19.8 Å². The normalized spacial score (nSPS) is 17.6. The summed E-state index contributed by atoms with van der Waals surface area (Å²) in [6, 6.07) is 6.11. The number of sulfonamides is 1. The maximum absolute atomic E-state index is 12.6. The molecule has 0 aliphatic carbocycles. The predicted molar refractivity (Wildman–Crippen MR) is 94.4 cm³/mol. The summed E-state index contributed by atoms with van der Waals surface area (Å²) in [4.78, 5) is -0.121. The van der Waals surface area contributed by atoms with Crippen molar-refractivity contribution in [3.05, 3.63) is 46.7 Å². The molecule has 3 rings (SSSR count). The van der Waals surface area contributed by atoms with Gasteiger partial charge in [0.1, 0.15) is 5.75 Å². The SMILES string of the molecule is O=S(=O)(NCC1(c2ccsc2)CCOCC1)c1ccc(OC(F)(F)F)cc1. The molecule has 0 bridgehead atoms. The van der Waals surface area contributed by atoms with Gasteiger partial charge >= 0.3 is 6.36 Å². The number of hydrogen-bond acceptors (Lipinski definition) is 5. The Morgan fingerprint density at radius 1 is 1.15 bits per heavy atom. The highest BCUT2D eigenvalue weighted by atomic mass is 32.2. The molecule has 1 N–H and O–H groups in total. The van der Waals surface area contributed by atoms with E-state index in [9.17, 15) is 21.6 Å². The molecule has 1 aromatic carbocycles. The number of alkyl halides is 3. The largest absolute Gasteiger partial charge is 0.573 e. The fraction of sp³-hybridized carbons (Fsp3) is 0.412. The van der Waals surface area contributed by atoms with Gasteiger partial charge in [-0.15, -0.1) is 13.2 Å². The molecule has 0 spiro atoms. The second-order valence-corrected chi connectivity index (χ2v) is 8.80. The lowest BCUT2D eigenvalue weighted by Crippen LogP contribution is -2.44.